The van der Waals surface area contributed by atoms with Gasteiger partial charge >= 0.3 is 0 Å². The van der Waals surface area contributed by atoms with E-state index in [1.165, 1.54) is 0 Å². The number of halogens is 1. The lowest BCUT2D eigenvalue weighted by Gasteiger charge is -2.59. The maximum absolute atomic E-state index is 5.69. The molecule has 2 rings (SSSR count). The molecule has 1 saturated carbocycles. The highest BCUT2D eigenvalue weighted by atomic mass is 127. The molecule has 2 unspecified atom stereocenters. The zero-order valence-electron chi connectivity index (χ0n) is 16.1. The van der Waals surface area contributed by atoms with Crippen LogP contribution in [0.3, 0.4) is 0 Å². The van der Waals surface area contributed by atoms with Crippen molar-refractivity contribution in [2.45, 2.75) is 52.3 Å². The first-order valence-electron chi connectivity index (χ1n) is 8.31. The normalized spacial score (nSPS) is 24.9. The quantitative estimate of drug-likeness (QED) is 0.293. The second-order valence-corrected chi connectivity index (χ2v) is 7.11. The van der Waals surface area contributed by atoms with E-state index in [9.17, 15) is 0 Å². The summed E-state index contributed by atoms with van der Waals surface area (Å²) >= 11 is 0. The fourth-order valence-electron chi connectivity index (χ4n) is 2.95. The second kappa shape index (κ2) is 8.48. The third-order valence-corrected chi connectivity index (χ3v) is 5.56. The van der Waals surface area contributed by atoms with Gasteiger partial charge < -0.3 is 19.9 Å². The van der Waals surface area contributed by atoms with Crippen molar-refractivity contribution in [2.24, 2.45) is 17.5 Å². The number of aliphatic imine (C=N–C) groups is 1. The Morgan fingerprint density at radius 2 is 2.12 bits per heavy atom. The predicted octanol–water partition coefficient (Wildman–Crippen LogP) is 2.17. The van der Waals surface area contributed by atoms with Crippen molar-refractivity contribution in [1.29, 1.82) is 0 Å². The molecule has 0 aromatic carbocycles. The summed E-state index contributed by atoms with van der Waals surface area (Å²) in [4.78, 5) is 4.65. The van der Waals surface area contributed by atoms with Gasteiger partial charge in [0.25, 0.3) is 0 Å². The maximum atomic E-state index is 5.69. The van der Waals surface area contributed by atoms with Gasteiger partial charge in [0.1, 0.15) is 12.4 Å². The molecule has 1 heterocycles. The minimum atomic E-state index is -0.116. The smallest absolute Gasteiger partial charge is 0.192 e. The summed E-state index contributed by atoms with van der Waals surface area (Å²) in [7, 11) is 3.73. The van der Waals surface area contributed by atoms with Crippen LogP contribution >= 0.6 is 24.0 Å². The molecule has 1 aliphatic rings. The molecule has 0 aliphatic heterocycles. The van der Waals surface area contributed by atoms with Gasteiger partial charge in [-0.25, -0.2) is 4.99 Å². The monoisotopic (exact) mass is 462 g/mol. The molecule has 1 aromatic rings. The van der Waals surface area contributed by atoms with Crippen LogP contribution in [0.2, 0.25) is 0 Å². The largest absolute Gasteiger partial charge is 0.378 e. The number of rotatable bonds is 6. The van der Waals surface area contributed by atoms with Gasteiger partial charge in [-0.3, -0.25) is 0 Å². The molecule has 142 valence electrons. The summed E-state index contributed by atoms with van der Waals surface area (Å²) in [5.41, 5.74) is -0.103. The highest BCUT2D eigenvalue weighted by Gasteiger charge is 2.58. The predicted molar refractivity (Wildman–Crippen MR) is 111 cm³/mol. The van der Waals surface area contributed by atoms with Crippen LogP contribution in [-0.2, 0) is 18.3 Å². The Balaban J connectivity index is 0.00000312. The van der Waals surface area contributed by atoms with Crippen molar-refractivity contribution >= 4 is 29.9 Å². The molecule has 1 fully saturated rings. The van der Waals surface area contributed by atoms with Crippen LogP contribution in [-0.4, -0.2) is 46.0 Å². The van der Waals surface area contributed by atoms with Gasteiger partial charge in [-0.2, -0.15) is 0 Å². The average molecular weight is 462 g/mol. The molecule has 0 bridgehead atoms. The maximum Gasteiger partial charge on any atom is 0.192 e. The Morgan fingerprint density at radius 1 is 1.44 bits per heavy atom. The SMILES string of the molecule is C=CCNC(=NCc1nnc(C)n1C)NC1CC(C)(OC)C1(C)C.I. The number of aromatic nitrogens is 3. The summed E-state index contributed by atoms with van der Waals surface area (Å²) in [5.74, 6) is 2.47. The second-order valence-electron chi connectivity index (χ2n) is 7.11. The molecule has 0 spiro atoms. The Bertz CT molecular complexity index is 627. The topological polar surface area (TPSA) is 76.4 Å². The van der Waals surface area contributed by atoms with Crippen LogP contribution in [0.15, 0.2) is 17.6 Å². The van der Waals surface area contributed by atoms with E-state index in [1.807, 2.05) is 24.6 Å². The van der Waals surface area contributed by atoms with Crippen LogP contribution in [0.1, 0.15) is 38.8 Å². The fourth-order valence-corrected chi connectivity index (χ4v) is 2.95. The molecule has 7 nitrogen and oxygen atoms in total. The first-order chi connectivity index (χ1) is 11.2. The Morgan fingerprint density at radius 3 is 2.60 bits per heavy atom. The summed E-state index contributed by atoms with van der Waals surface area (Å²) in [6, 6.07) is 0.291. The minimum Gasteiger partial charge on any atom is -0.378 e. The van der Waals surface area contributed by atoms with Gasteiger partial charge in [0.2, 0.25) is 0 Å². The van der Waals surface area contributed by atoms with Crippen LogP contribution in [0.5, 0.6) is 0 Å². The highest BCUT2D eigenvalue weighted by molar-refractivity contribution is 14.0. The van der Waals surface area contributed by atoms with Gasteiger partial charge in [0.05, 0.1) is 5.60 Å². The molecule has 0 saturated heterocycles. The van der Waals surface area contributed by atoms with Crippen LogP contribution in [0.4, 0.5) is 0 Å². The lowest BCUT2D eigenvalue weighted by molar-refractivity contribution is -0.176. The van der Waals surface area contributed by atoms with E-state index in [2.05, 4.69) is 53.2 Å². The van der Waals surface area contributed by atoms with Crippen molar-refractivity contribution in [3.05, 3.63) is 24.3 Å². The third kappa shape index (κ3) is 4.33. The van der Waals surface area contributed by atoms with E-state index in [0.717, 1.165) is 24.0 Å². The number of nitrogens with zero attached hydrogens (tertiary/aromatic N) is 4. The first-order valence-corrected chi connectivity index (χ1v) is 8.31. The van der Waals surface area contributed by atoms with Crippen molar-refractivity contribution in [2.75, 3.05) is 13.7 Å². The van der Waals surface area contributed by atoms with E-state index in [4.69, 9.17) is 4.74 Å². The van der Waals surface area contributed by atoms with Crippen molar-refractivity contribution in [1.82, 2.24) is 25.4 Å². The van der Waals surface area contributed by atoms with E-state index in [0.29, 0.717) is 19.1 Å². The van der Waals surface area contributed by atoms with Crippen molar-refractivity contribution in [3.63, 3.8) is 0 Å². The van der Waals surface area contributed by atoms with E-state index < -0.39 is 0 Å². The average Bonchev–Trinajstić information content (AvgIpc) is 2.87. The number of methoxy groups -OCH3 is 1. The Hall–Kier alpha value is -1.16. The Labute approximate surface area is 167 Å². The number of aryl methyl sites for hydroxylation is 1. The molecule has 2 N–H and O–H groups in total. The fraction of sp³-hybridized carbons (Fsp3) is 0.706. The van der Waals surface area contributed by atoms with E-state index >= 15 is 0 Å². The molecule has 1 aromatic heterocycles. The van der Waals surface area contributed by atoms with Crippen LogP contribution in [0, 0.1) is 12.3 Å². The summed E-state index contributed by atoms with van der Waals surface area (Å²) in [6.07, 6.45) is 2.75. The van der Waals surface area contributed by atoms with Crippen molar-refractivity contribution < 1.29 is 4.74 Å². The van der Waals surface area contributed by atoms with Gasteiger partial charge in [-0.15, -0.1) is 40.8 Å². The van der Waals surface area contributed by atoms with Gasteiger partial charge in [0.15, 0.2) is 11.8 Å². The minimum absolute atomic E-state index is 0. The molecule has 8 heteroatoms. The summed E-state index contributed by atoms with van der Waals surface area (Å²) in [5, 5.41) is 15.0. The number of ether oxygens (including phenoxy) is 1. The lowest BCUT2D eigenvalue weighted by atomic mass is 9.56. The van der Waals surface area contributed by atoms with Crippen LogP contribution in [0.25, 0.3) is 0 Å². The molecule has 1 aliphatic carbocycles. The molecule has 25 heavy (non-hydrogen) atoms. The number of hydrogen-bond donors (Lipinski definition) is 2. The molecule has 0 radical (unpaired) electrons. The third-order valence-electron chi connectivity index (χ3n) is 5.56. The highest BCUT2D eigenvalue weighted by Crippen LogP contribution is 2.51. The number of hydrogen-bond acceptors (Lipinski definition) is 4. The van der Waals surface area contributed by atoms with Gasteiger partial charge in [-0.1, -0.05) is 19.9 Å². The molecule has 2 atom stereocenters. The summed E-state index contributed by atoms with van der Waals surface area (Å²) < 4.78 is 7.64. The molecule has 0 amide bonds. The van der Waals surface area contributed by atoms with Gasteiger partial charge in [-0.05, 0) is 20.3 Å². The van der Waals surface area contributed by atoms with Gasteiger partial charge in [0, 0.05) is 32.2 Å². The van der Waals surface area contributed by atoms with E-state index in [1.54, 1.807) is 7.11 Å². The molecular formula is C17H31IN6O. The summed E-state index contributed by atoms with van der Waals surface area (Å²) in [6.45, 7) is 13.4. The number of guanidine groups is 1. The van der Waals surface area contributed by atoms with Crippen LogP contribution < -0.4 is 10.6 Å². The molecular weight excluding hydrogens is 431 g/mol. The number of nitrogens with one attached hydrogen (secondary N) is 2. The Kier molecular flexibility index (Phi) is 7.42. The standard InChI is InChI=1S/C17H30N6O.HI/c1-8-9-18-15(19-11-14-22-21-12(2)23(14)6)20-13-10-17(5,24-7)16(13,3)4;/h8,13H,1,9-11H2,2-7H3,(H2,18,19,20);1H. The zero-order valence-corrected chi connectivity index (χ0v) is 18.4. The lowest BCUT2D eigenvalue weighted by Crippen LogP contribution is -2.69. The van der Waals surface area contributed by atoms with Crippen molar-refractivity contribution in [3.8, 4) is 0 Å². The zero-order chi connectivity index (χ0) is 18.0. The first kappa shape index (κ1) is 21.9. The van der Waals surface area contributed by atoms with E-state index in [-0.39, 0.29) is 35.0 Å².